The summed E-state index contributed by atoms with van der Waals surface area (Å²) in [7, 11) is 0. The van der Waals surface area contributed by atoms with Crippen LogP contribution in [0.5, 0.6) is 0 Å². The van der Waals surface area contributed by atoms with E-state index >= 15 is 0 Å². The lowest BCUT2D eigenvalue weighted by molar-refractivity contribution is 0.0380. The number of aliphatic hydroxyl groups is 1. The van der Waals surface area contributed by atoms with E-state index in [0.717, 1.165) is 17.5 Å². The van der Waals surface area contributed by atoms with Gasteiger partial charge < -0.3 is 5.11 Å². The van der Waals surface area contributed by atoms with Crippen molar-refractivity contribution >= 4 is 0 Å². The molecule has 0 saturated carbocycles. The Kier molecular flexibility index (Phi) is 2.90. The zero-order valence-electron chi connectivity index (χ0n) is 11.0. The Bertz CT molecular complexity index is 620. The van der Waals surface area contributed by atoms with E-state index in [1.807, 2.05) is 19.1 Å². The predicted octanol–water partition coefficient (Wildman–Crippen LogP) is 3.51. The molecule has 0 saturated heterocycles. The quantitative estimate of drug-likeness (QED) is 0.871. The molecule has 1 nitrogen and oxygen atoms in total. The first kappa shape index (κ1) is 12.4. The van der Waals surface area contributed by atoms with Crippen LogP contribution in [0.1, 0.15) is 28.7 Å². The third-order valence-electron chi connectivity index (χ3n) is 4.02. The van der Waals surface area contributed by atoms with Gasteiger partial charge in [-0.2, -0.15) is 0 Å². The van der Waals surface area contributed by atoms with Gasteiger partial charge in [0.15, 0.2) is 0 Å². The third-order valence-corrected chi connectivity index (χ3v) is 4.02. The largest absolute Gasteiger partial charge is 0.385 e. The number of fused-ring (bicyclic) bond motifs is 1. The van der Waals surface area contributed by atoms with Crippen LogP contribution >= 0.6 is 0 Å². The van der Waals surface area contributed by atoms with Crippen molar-refractivity contribution in [3.05, 3.63) is 70.5 Å². The number of benzene rings is 2. The van der Waals surface area contributed by atoms with E-state index in [-0.39, 0.29) is 5.82 Å². The summed E-state index contributed by atoms with van der Waals surface area (Å²) in [6.45, 7) is 2.02. The number of aryl methyl sites for hydroxylation is 2. The molecule has 0 aliphatic heterocycles. The van der Waals surface area contributed by atoms with Crippen molar-refractivity contribution in [2.24, 2.45) is 0 Å². The molecule has 2 heteroatoms. The molecular weight excluding hydrogens is 239 g/mol. The first-order valence-corrected chi connectivity index (χ1v) is 6.64. The average molecular weight is 256 g/mol. The smallest absolute Gasteiger partial charge is 0.126 e. The predicted molar refractivity (Wildman–Crippen MR) is 73.5 cm³/mol. The standard InChI is InChI=1S/C17H17FO/c1-12-6-7-13-8-9-17(19,15(13)10-12)11-14-4-2-3-5-16(14)18/h2-7,10,19H,8-9,11H2,1H3. The topological polar surface area (TPSA) is 20.2 Å². The Morgan fingerprint density at radius 1 is 1.21 bits per heavy atom. The molecule has 2 aromatic rings. The highest BCUT2D eigenvalue weighted by Gasteiger charge is 2.37. The SMILES string of the molecule is Cc1ccc2c(c1)C(O)(Cc1ccccc1F)CC2. The van der Waals surface area contributed by atoms with Crippen LogP contribution in [0.15, 0.2) is 42.5 Å². The molecule has 1 atom stereocenters. The summed E-state index contributed by atoms with van der Waals surface area (Å²) in [5, 5.41) is 10.9. The highest BCUT2D eigenvalue weighted by atomic mass is 19.1. The second kappa shape index (κ2) is 4.46. The molecular formula is C17H17FO. The Hall–Kier alpha value is -1.67. The molecule has 0 radical (unpaired) electrons. The first-order valence-electron chi connectivity index (χ1n) is 6.64. The van der Waals surface area contributed by atoms with Crippen LogP contribution in [0.4, 0.5) is 4.39 Å². The summed E-state index contributed by atoms with van der Waals surface area (Å²) in [4.78, 5) is 0. The molecule has 0 amide bonds. The molecule has 19 heavy (non-hydrogen) atoms. The number of hydrogen-bond donors (Lipinski definition) is 1. The van der Waals surface area contributed by atoms with Crippen LogP contribution in [0, 0.1) is 12.7 Å². The minimum absolute atomic E-state index is 0.239. The van der Waals surface area contributed by atoms with Crippen molar-refractivity contribution < 1.29 is 9.50 Å². The van der Waals surface area contributed by atoms with E-state index in [9.17, 15) is 9.50 Å². The Labute approximate surface area is 112 Å². The van der Waals surface area contributed by atoms with Gasteiger partial charge in [-0.3, -0.25) is 0 Å². The van der Waals surface area contributed by atoms with E-state index in [2.05, 4.69) is 12.1 Å². The van der Waals surface area contributed by atoms with Gasteiger partial charge in [0.1, 0.15) is 5.82 Å². The summed E-state index contributed by atoms with van der Waals surface area (Å²) < 4.78 is 13.8. The summed E-state index contributed by atoms with van der Waals surface area (Å²) >= 11 is 0. The lowest BCUT2D eigenvalue weighted by Crippen LogP contribution is -2.26. The highest BCUT2D eigenvalue weighted by Crippen LogP contribution is 2.40. The number of rotatable bonds is 2. The van der Waals surface area contributed by atoms with E-state index < -0.39 is 5.60 Å². The van der Waals surface area contributed by atoms with Crippen LogP contribution in [0.3, 0.4) is 0 Å². The van der Waals surface area contributed by atoms with Gasteiger partial charge in [-0.05, 0) is 42.5 Å². The van der Waals surface area contributed by atoms with Crippen LogP contribution in [-0.2, 0) is 18.4 Å². The molecule has 3 rings (SSSR count). The second-order valence-corrected chi connectivity index (χ2v) is 5.46. The van der Waals surface area contributed by atoms with Crippen LogP contribution < -0.4 is 0 Å². The lowest BCUT2D eigenvalue weighted by Gasteiger charge is -2.24. The second-order valence-electron chi connectivity index (χ2n) is 5.46. The van der Waals surface area contributed by atoms with Crippen molar-refractivity contribution in [2.75, 3.05) is 0 Å². The summed E-state index contributed by atoms with van der Waals surface area (Å²) in [6.07, 6.45) is 1.87. The molecule has 1 aliphatic rings. The average Bonchev–Trinajstić information content (AvgIpc) is 2.70. The summed E-state index contributed by atoms with van der Waals surface area (Å²) in [6, 6.07) is 12.9. The maximum atomic E-state index is 13.8. The van der Waals surface area contributed by atoms with Crippen molar-refractivity contribution in [3.63, 3.8) is 0 Å². The van der Waals surface area contributed by atoms with Gasteiger partial charge >= 0.3 is 0 Å². The first-order chi connectivity index (χ1) is 9.08. The molecule has 0 aromatic heterocycles. The molecule has 1 unspecified atom stereocenters. The van der Waals surface area contributed by atoms with Crippen molar-refractivity contribution in [2.45, 2.75) is 31.8 Å². The van der Waals surface area contributed by atoms with Gasteiger partial charge in [-0.25, -0.2) is 4.39 Å². The Morgan fingerprint density at radius 3 is 2.79 bits per heavy atom. The minimum Gasteiger partial charge on any atom is -0.385 e. The lowest BCUT2D eigenvalue weighted by atomic mass is 9.88. The van der Waals surface area contributed by atoms with Crippen molar-refractivity contribution in [1.82, 2.24) is 0 Å². The normalized spacial score (nSPS) is 21.4. The van der Waals surface area contributed by atoms with Crippen LogP contribution in [0.2, 0.25) is 0 Å². The van der Waals surface area contributed by atoms with Gasteiger partial charge in [0.2, 0.25) is 0 Å². The molecule has 1 aliphatic carbocycles. The number of hydrogen-bond acceptors (Lipinski definition) is 1. The van der Waals surface area contributed by atoms with Gasteiger partial charge in [0, 0.05) is 6.42 Å². The molecule has 0 fully saturated rings. The van der Waals surface area contributed by atoms with Gasteiger partial charge in [0.25, 0.3) is 0 Å². The fraction of sp³-hybridized carbons (Fsp3) is 0.294. The van der Waals surface area contributed by atoms with Gasteiger partial charge in [0.05, 0.1) is 5.60 Å². The van der Waals surface area contributed by atoms with E-state index in [0.29, 0.717) is 18.4 Å². The fourth-order valence-corrected chi connectivity index (χ4v) is 2.96. The highest BCUT2D eigenvalue weighted by molar-refractivity contribution is 5.41. The molecule has 0 bridgehead atoms. The maximum absolute atomic E-state index is 13.8. The zero-order valence-corrected chi connectivity index (χ0v) is 11.0. The molecule has 1 N–H and O–H groups in total. The zero-order chi connectivity index (χ0) is 13.5. The van der Waals surface area contributed by atoms with Gasteiger partial charge in [-0.15, -0.1) is 0 Å². The van der Waals surface area contributed by atoms with E-state index in [4.69, 9.17) is 0 Å². The number of halogens is 1. The molecule has 0 spiro atoms. The fourth-order valence-electron chi connectivity index (χ4n) is 2.96. The van der Waals surface area contributed by atoms with Crippen molar-refractivity contribution in [3.8, 4) is 0 Å². The molecule has 0 heterocycles. The summed E-state index contributed by atoms with van der Waals surface area (Å²) in [5.74, 6) is -0.239. The van der Waals surface area contributed by atoms with E-state index in [1.54, 1.807) is 12.1 Å². The minimum atomic E-state index is -0.927. The van der Waals surface area contributed by atoms with Crippen LogP contribution in [0.25, 0.3) is 0 Å². The molecule has 98 valence electrons. The monoisotopic (exact) mass is 256 g/mol. The molecule has 2 aromatic carbocycles. The van der Waals surface area contributed by atoms with E-state index in [1.165, 1.54) is 11.6 Å². The Morgan fingerprint density at radius 2 is 2.00 bits per heavy atom. The summed E-state index contributed by atoms with van der Waals surface area (Å²) in [5.41, 5.74) is 2.94. The van der Waals surface area contributed by atoms with Gasteiger partial charge in [-0.1, -0.05) is 42.0 Å². The van der Waals surface area contributed by atoms with Crippen LogP contribution in [-0.4, -0.2) is 5.11 Å². The maximum Gasteiger partial charge on any atom is 0.126 e. The van der Waals surface area contributed by atoms with Crippen molar-refractivity contribution in [1.29, 1.82) is 0 Å². The third kappa shape index (κ3) is 2.17. The Balaban J connectivity index is 1.99.